The molecule has 1 N–H and O–H groups in total. The number of ketones is 1. The Labute approximate surface area is 95.7 Å². The first-order valence-electron chi connectivity index (χ1n) is 5.14. The number of hydrogen-bond donors (Lipinski definition) is 1. The standard InChI is InChI=1S/C11H15NO3S/c1-3-11(13)9-5-7-10(8-6-9)16(14,15)12-4-2/h5-8,12H,3-4H2,1-2H3. The van der Waals surface area contributed by atoms with Gasteiger partial charge in [0.05, 0.1) is 4.90 Å². The fourth-order valence-corrected chi connectivity index (χ4v) is 2.34. The Morgan fingerprint density at radius 3 is 2.19 bits per heavy atom. The van der Waals surface area contributed by atoms with Crippen molar-refractivity contribution in [1.29, 1.82) is 0 Å². The summed E-state index contributed by atoms with van der Waals surface area (Å²) in [4.78, 5) is 11.5. The van der Waals surface area contributed by atoms with E-state index < -0.39 is 10.0 Å². The van der Waals surface area contributed by atoms with Gasteiger partial charge in [0, 0.05) is 18.5 Å². The van der Waals surface area contributed by atoms with Gasteiger partial charge in [0.1, 0.15) is 0 Å². The fourth-order valence-electron chi connectivity index (χ4n) is 1.30. The Kier molecular flexibility index (Phi) is 4.20. The van der Waals surface area contributed by atoms with Crippen molar-refractivity contribution in [3.05, 3.63) is 29.8 Å². The Bertz CT molecular complexity index is 463. The van der Waals surface area contributed by atoms with Crippen molar-refractivity contribution in [2.75, 3.05) is 6.54 Å². The Hall–Kier alpha value is -1.20. The van der Waals surface area contributed by atoms with Gasteiger partial charge < -0.3 is 0 Å². The molecule has 16 heavy (non-hydrogen) atoms. The van der Waals surface area contributed by atoms with Gasteiger partial charge in [0.15, 0.2) is 5.78 Å². The van der Waals surface area contributed by atoms with E-state index in [1.807, 2.05) is 0 Å². The first kappa shape index (κ1) is 12.9. The summed E-state index contributed by atoms with van der Waals surface area (Å²) in [6, 6.07) is 5.97. The molecule has 0 radical (unpaired) electrons. The number of rotatable bonds is 5. The summed E-state index contributed by atoms with van der Waals surface area (Å²) in [5.74, 6) is 0.00685. The van der Waals surface area contributed by atoms with E-state index >= 15 is 0 Å². The van der Waals surface area contributed by atoms with Crippen molar-refractivity contribution < 1.29 is 13.2 Å². The Balaban J connectivity index is 3.00. The van der Waals surface area contributed by atoms with Gasteiger partial charge in [-0.05, 0) is 12.1 Å². The molecule has 1 aromatic rings. The largest absolute Gasteiger partial charge is 0.294 e. The molecule has 0 amide bonds. The maximum atomic E-state index is 11.6. The highest BCUT2D eigenvalue weighted by Crippen LogP contribution is 2.11. The molecule has 0 heterocycles. The van der Waals surface area contributed by atoms with E-state index in [4.69, 9.17) is 0 Å². The third-order valence-electron chi connectivity index (χ3n) is 2.14. The van der Waals surface area contributed by atoms with Gasteiger partial charge in [0.2, 0.25) is 10.0 Å². The molecule has 0 fully saturated rings. The van der Waals surface area contributed by atoms with Crippen LogP contribution >= 0.6 is 0 Å². The SMILES string of the molecule is CCNS(=O)(=O)c1ccc(C(=O)CC)cc1. The van der Waals surface area contributed by atoms with Crippen molar-refractivity contribution >= 4 is 15.8 Å². The van der Waals surface area contributed by atoms with Crippen LogP contribution in [0, 0.1) is 0 Å². The van der Waals surface area contributed by atoms with Crippen LogP contribution in [0.4, 0.5) is 0 Å². The lowest BCUT2D eigenvalue weighted by Crippen LogP contribution is -2.23. The van der Waals surface area contributed by atoms with E-state index in [0.29, 0.717) is 18.5 Å². The second-order valence-electron chi connectivity index (χ2n) is 3.30. The second-order valence-corrected chi connectivity index (χ2v) is 5.07. The zero-order valence-electron chi connectivity index (χ0n) is 9.36. The van der Waals surface area contributed by atoms with E-state index in [1.165, 1.54) is 24.3 Å². The van der Waals surface area contributed by atoms with Crippen LogP contribution in [0.25, 0.3) is 0 Å². The van der Waals surface area contributed by atoms with Crippen molar-refractivity contribution in [2.24, 2.45) is 0 Å². The lowest BCUT2D eigenvalue weighted by Gasteiger charge is -2.04. The summed E-state index contributed by atoms with van der Waals surface area (Å²) in [5, 5.41) is 0. The van der Waals surface area contributed by atoms with Crippen LogP contribution in [0.5, 0.6) is 0 Å². The van der Waals surface area contributed by atoms with E-state index in [9.17, 15) is 13.2 Å². The van der Waals surface area contributed by atoms with E-state index in [-0.39, 0.29) is 10.7 Å². The van der Waals surface area contributed by atoms with Crippen LogP contribution in [0.2, 0.25) is 0 Å². The lowest BCUT2D eigenvalue weighted by atomic mass is 10.1. The predicted octanol–water partition coefficient (Wildman–Crippen LogP) is 1.58. The summed E-state index contributed by atoms with van der Waals surface area (Å²) in [7, 11) is -3.42. The van der Waals surface area contributed by atoms with Crippen LogP contribution in [0.15, 0.2) is 29.2 Å². The van der Waals surface area contributed by atoms with Gasteiger partial charge in [0.25, 0.3) is 0 Å². The van der Waals surface area contributed by atoms with Gasteiger partial charge in [-0.1, -0.05) is 26.0 Å². The molecule has 1 aromatic carbocycles. The van der Waals surface area contributed by atoms with Crippen LogP contribution < -0.4 is 4.72 Å². The van der Waals surface area contributed by atoms with Crippen LogP contribution in [0.3, 0.4) is 0 Å². The average Bonchev–Trinajstić information content (AvgIpc) is 2.28. The molecule has 88 valence electrons. The first-order chi connectivity index (χ1) is 7.51. The summed E-state index contributed by atoms with van der Waals surface area (Å²) in [5.41, 5.74) is 0.540. The molecule has 0 bridgehead atoms. The molecule has 4 nitrogen and oxygen atoms in total. The molecule has 5 heteroatoms. The maximum Gasteiger partial charge on any atom is 0.240 e. The number of nitrogens with one attached hydrogen (secondary N) is 1. The van der Waals surface area contributed by atoms with Gasteiger partial charge >= 0.3 is 0 Å². The minimum absolute atomic E-state index is 0.00685. The van der Waals surface area contributed by atoms with Gasteiger partial charge in [-0.3, -0.25) is 4.79 Å². The Morgan fingerprint density at radius 2 is 1.75 bits per heavy atom. The number of carbonyl (C=O) groups is 1. The molecule has 0 aliphatic rings. The zero-order valence-corrected chi connectivity index (χ0v) is 10.2. The quantitative estimate of drug-likeness (QED) is 0.796. The number of carbonyl (C=O) groups excluding carboxylic acids is 1. The number of hydrogen-bond acceptors (Lipinski definition) is 3. The molecule has 0 spiro atoms. The van der Waals surface area contributed by atoms with E-state index in [2.05, 4.69) is 4.72 Å². The molecule has 0 unspecified atom stereocenters. The third-order valence-corrected chi connectivity index (χ3v) is 3.70. The number of sulfonamides is 1. The molecular formula is C11H15NO3S. The lowest BCUT2D eigenvalue weighted by molar-refractivity contribution is 0.0988. The Morgan fingerprint density at radius 1 is 1.19 bits per heavy atom. The smallest absolute Gasteiger partial charge is 0.240 e. The monoisotopic (exact) mass is 241 g/mol. The molecule has 0 atom stereocenters. The minimum atomic E-state index is -3.42. The van der Waals surface area contributed by atoms with Crippen molar-refractivity contribution in [2.45, 2.75) is 25.2 Å². The summed E-state index contributed by atoms with van der Waals surface area (Å²) in [6.45, 7) is 3.83. The summed E-state index contributed by atoms with van der Waals surface area (Å²) < 4.78 is 25.6. The summed E-state index contributed by atoms with van der Waals surface area (Å²) >= 11 is 0. The fraction of sp³-hybridized carbons (Fsp3) is 0.364. The molecule has 0 aromatic heterocycles. The number of Topliss-reactive ketones (excluding diaryl/α,β-unsaturated/α-hetero) is 1. The van der Waals surface area contributed by atoms with Crippen molar-refractivity contribution in [1.82, 2.24) is 4.72 Å². The first-order valence-corrected chi connectivity index (χ1v) is 6.62. The number of benzene rings is 1. The van der Waals surface area contributed by atoms with Crippen molar-refractivity contribution in [3.63, 3.8) is 0 Å². The molecular weight excluding hydrogens is 226 g/mol. The highest BCUT2D eigenvalue weighted by molar-refractivity contribution is 7.89. The maximum absolute atomic E-state index is 11.6. The normalized spacial score (nSPS) is 11.4. The van der Waals surface area contributed by atoms with Crippen LogP contribution in [0.1, 0.15) is 30.6 Å². The molecule has 0 saturated heterocycles. The van der Waals surface area contributed by atoms with Gasteiger partial charge in [-0.25, -0.2) is 13.1 Å². The average molecular weight is 241 g/mol. The van der Waals surface area contributed by atoms with Gasteiger partial charge in [-0.15, -0.1) is 0 Å². The molecule has 0 aliphatic carbocycles. The second kappa shape index (κ2) is 5.23. The van der Waals surface area contributed by atoms with Gasteiger partial charge in [-0.2, -0.15) is 0 Å². The highest BCUT2D eigenvalue weighted by atomic mass is 32.2. The highest BCUT2D eigenvalue weighted by Gasteiger charge is 2.12. The van der Waals surface area contributed by atoms with Crippen molar-refractivity contribution in [3.8, 4) is 0 Å². The van der Waals surface area contributed by atoms with Crippen LogP contribution in [-0.2, 0) is 10.0 Å². The topological polar surface area (TPSA) is 63.2 Å². The van der Waals surface area contributed by atoms with E-state index in [0.717, 1.165) is 0 Å². The summed E-state index contributed by atoms with van der Waals surface area (Å²) in [6.07, 6.45) is 0.416. The third kappa shape index (κ3) is 2.90. The zero-order chi connectivity index (χ0) is 12.2. The molecule has 1 rings (SSSR count). The van der Waals surface area contributed by atoms with Crippen LogP contribution in [-0.4, -0.2) is 20.7 Å². The minimum Gasteiger partial charge on any atom is -0.294 e. The van der Waals surface area contributed by atoms with E-state index in [1.54, 1.807) is 13.8 Å². The predicted molar refractivity (Wildman–Crippen MR) is 61.9 cm³/mol. The molecule has 0 saturated carbocycles. The molecule has 0 aliphatic heterocycles.